The summed E-state index contributed by atoms with van der Waals surface area (Å²) in [5, 5.41) is 3.28. The summed E-state index contributed by atoms with van der Waals surface area (Å²) < 4.78 is 5.34. The van der Waals surface area contributed by atoms with E-state index >= 15 is 0 Å². The number of aromatic nitrogens is 2. The van der Waals surface area contributed by atoms with Crippen LogP contribution in [0.4, 0.5) is 5.82 Å². The summed E-state index contributed by atoms with van der Waals surface area (Å²) in [7, 11) is 0. The number of nitrogens with zero attached hydrogens (tertiary/aromatic N) is 2. The second-order valence-electron chi connectivity index (χ2n) is 3.15. The van der Waals surface area contributed by atoms with Gasteiger partial charge in [-0.3, -0.25) is 4.98 Å². The predicted molar refractivity (Wildman–Crippen MR) is 49.5 cm³/mol. The largest absolute Gasteiger partial charge is 0.379 e. The van der Waals surface area contributed by atoms with Crippen molar-refractivity contribution in [2.24, 2.45) is 0 Å². The molecule has 13 heavy (non-hydrogen) atoms. The first-order chi connectivity index (χ1) is 6.45. The molecular weight excluding hydrogens is 166 g/mol. The van der Waals surface area contributed by atoms with Crippen molar-refractivity contribution in [2.45, 2.75) is 18.9 Å². The van der Waals surface area contributed by atoms with Gasteiger partial charge in [0.2, 0.25) is 0 Å². The molecule has 1 aromatic heterocycles. The lowest BCUT2D eigenvalue weighted by molar-refractivity contribution is 0.0875. The minimum absolute atomic E-state index is 0.394. The monoisotopic (exact) mass is 179 g/mol. The summed E-state index contributed by atoms with van der Waals surface area (Å²) in [6.07, 6.45) is 7.36. The number of nitrogens with one attached hydrogen (secondary N) is 1. The molecule has 0 amide bonds. The molecule has 4 heteroatoms. The fraction of sp³-hybridized carbons (Fsp3) is 0.556. The summed E-state index contributed by atoms with van der Waals surface area (Å²) in [4.78, 5) is 8.13. The molecule has 1 atom stereocenters. The molecule has 1 aliphatic heterocycles. The van der Waals surface area contributed by atoms with Crippen molar-refractivity contribution in [3.63, 3.8) is 0 Å². The zero-order chi connectivity index (χ0) is 8.93. The molecular formula is C9H13N3O. The molecule has 1 N–H and O–H groups in total. The molecule has 0 radical (unpaired) electrons. The van der Waals surface area contributed by atoms with Crippen LogP contribution in [0, 0.1) is 0 Å². The lowest BCUT2D eigenvalue weighted by Crippen LogP contribution is -2.30. The highest BCUT2D eigenvalue weighted by Crippen LogP contribution is 2.10. The van der Waals surface area contributed by atoms with Gasteiger partial charge in [-0.15, -0.1) is 0 Å². The van der Waals surface area contributed by atoms with E-state index in [9.17, 15) is 0 Å². The van der Waals surface area contributed by atoms with Gasteiger partial charge in [0.1, 0.15) is 5.82 Å². The summed E-state index contributed by atoms with van der Waals surface area (Å²) >= 11 is 0. The van der Waals surface area contributed by atoms with Crippen molar-refractivity contribution in [3.05, 3.63) is 18.6 Å². The number of anilines is 1. The van der Waals surface area contributed by atoms with Gasteiger partial charge < -0.3 is 10.1 Å². The highest BCUT2D eigenvalue weighted by atomic mass is 16.5. The Bertz CT molecular complexity index is 246. The number of hydrogen-bond donors (Lipinski definition) is 1. The highest BCUT2D eigenvalue weighted by molar-refractivity contribution is 5.31. The van der Waals surface area contributed by atoms with E-state index in [2.05, 4.69) is 15.3 Å². The third kappa shape index (κ3) is 2.39. The fourth-order valence-electron chi connectivity index (χ4n) is 1.44. The topological polar surface area (TPSA) is 47.0 Å². The van der Waals surface area contributed by atoms with Gasteiger partial charge in [0, 0.05) is 19.0 Å². The van der Waals surface area contributed by atoms with Crippen LogP contribution in [0.25, 0.3) is 0 Å². The van der Waals surface area contributed by atoms with Gasteiger partial charge >= 0.3 is 0 Å². The third-order valence-electron chi connectivity index (χ3n) is 2.08. The maximum Gasteiger partial charge on any atom is 0.144 e. The molecule has 4 nitrogen and oxygen atoms in total. The van der Waals surface area contributed by atoms with Gasteiger partial charge in [0.25, 0.3) is 0 Å². The first kappa shape index (κ1) is 8.44. The summed E-state index contributed by atoms with van der Waals surface area (Å²) in [6, 6.07) is 0.394. The van der Waals surface area contributed by atoms with Gasteiger partial charge in [0.15, 0.2) is 0 Å². The zero-order valence-corrected chi connectivity index (χ0v) is 7.44. The van der Waals surface area contributed by atoms with E-state index in [-0.39, 0.29) is 0 Å². The first-order valence-corrected chi connectivity index (χ1v) is 4.55. The zero-order valence-electron chi connectivity index (χ0n) is 7.44. The molecule has 1 saturated heterocycles. The van der Waals surface area contributed by atoms with Crippen molar-refractivity contribution < 1.29 is 4.74 Å². The van der Waals surface area contributed by atoms with Gasteiger partial charge in [-0.1, -0.05) is 0 Å². The smallest absolute Gasteiger partial charge is 0.144 e. The van der Waals surface area contributed by atoms with Crippen LogP contribution >= 0.6 is 0 Å². The van der Waals surface area contributed by atoms with E-state index in [0.29, 0.717) is 6.04 Å². The van der Waals surface area contributed by atoms with Gasteiger partial charge in [-0.05, 0) is 12.8 Å². The highest BCUT2D eigenvalue weighted by Gasteiger charge is 2.13. The Hall–Kier alpha value is -1.16. The lowest BCUT2D eigenvalue weighted by atomic mass is 10.1. The molecule has 0 aromatic carbocycles. The quantitative estimate of drug-likeness (QED) is 0.737. The Morgan fingerprint density at radius 1 is 1.46 bits per heavy atom. The minimum atomic E-state index is 0.394. The Morgan fingerprint density at radius 2 is 2.46 bits per heavy atom. The van der Waals surface area contributed by atoms with E-state index in [1.807, 2.05) is 0 Å². The van der Waals surface area contributed by atoms with Gasteiger partial charge in [-0.2, -0.15) is 0 Å². The van der Waals surface area contributed by atoms with E-state index in [0.717, 1.165) is 31.9 Å². The van der Waals surface area contributed by atoms with E-state index in [1.54, 1.807) is 18.6 Å². The molecule has 2 rings (SSSR count). The molecule has 2 heterocycles. The van der Waals surface area contributed by atoms with Crippen LogP contribution in [0.15, 0.2) is 18.6 Å². The number of hydrogen-bond acceptors (Lipinski definition) is 4. The summed E-state index contributed by atoms with van der Waals surface area (Å²) in [6.45, 7) is 1.66. The number of rotatable bonds is 2. The minimum Gasteiger partial charge on any atom is -0.379 e. The van der Waals surface area contributed by atoms with Crippen LogP contribution < -0.4 is 5.32 Å². The van der Waals surface area contributed by atoms with Gasteiger partial charge in [0.05, 0.1) is 18.8 Å². The van der Waals surface area contributed by atoms with Crippen molar-refractivity contribution in [1.29, 1.82) is 0 Å². The second-order valence-corrected chi connectivity index (χ2v) is 3.15. The maximum atomic E-state index is 5.34. The normalized spacial score (nSPS) is 22.6. The molecule has 1 fully saturated rings. The second kappa shape index (κ2) is 4.18. The third-order valence-corrected chi connectivity index (χ3v) is 2.08. The van der Waals surface area contributed by atoms with Crippen LogP contribution in [0.1, 0.15) is 12.8 Å². The SMILES string of the molecule is c1cnc(N[C@H]2CCCOC2)cn1. The molecule has 1 aromatic rings. The van der Waals surface area contributed by atoms with Crippen LogP contribution in [0.3, 0.4) is 0 Å². The van der Waals surface area contributed by atoms with Crippen molar-refractivity contribution in [3.8, 4) is 0 Å². The number of ether oxygens (including phenoxy) is 1. The molecule has 70 valence electrons. The maximum absolute atomic E-state index is 5.34. The molecule has 0 spiro atoms. The van der Waals surface area contributed by atoms with E-state index in [4.69, 9.17) is 4.74 Å². The first-order valence-electron chi connectivity index (χ1n) is 4.55. The van der Waals surface area contributed by atoms with E-state index < -0.39 is 0 Å². The van der Waals surface area contributed by atoms with Crippen molar-refractivity contribution in [1.82, 2.24) is 9.97 Å². The Balaban J connectivity index is 1.90. The summed E-state index contributed by atoms with van der Waals surface area (Å²) in [5.41, 5.74) is 0. The summed E-state index contributed by atoms with van der Waals surface area (Å²) in [5.74, 6) is 0.831. The Labute approximate surface area is 77.4 Å². The fourth-order valence-corrected chi connectivity index (χ4v) is 1.44. The van der Waals surface area contributed by atoms with Crippen LogP contribution in [0.5, 0.6) is 0 Å². The standard InChI is InChI=1S/C9H13N3O/c1-2-8(7-13-5-1)12-9-6-10-3-4-11-9/h3-4,6,8H,1-2,5,7H2,(H,11,12)/t8-/m0/s1. The molecule has 0 unspecified atom stereocenters. The van der Waals surface area contributed by atoms with Crippen LogP contribution in [-0.2, 0) is 4.74 Å². The molecule has 0 bridgehead atoms. The average molecular weight is 179 g/mol. The Kier molecular flexibility index (Phi) is 2.72. The van der Waals surface area contributed by atoms with Crippen molar-refractivity contribution in [2.75, 3.05) is 18.5 Å². The Morgan fingerprint density at radius 3 is 3.15 bits per heavy atom. The van der Waals surface area contributed by atoms with Gasteiger partial charge in [-0.25, -0.2) is 4.98 Å². The predicted octanol–water partition coefficient (Wildman–Crippen LogP) is 1.07. The van der Waals surface area contributed by atoms with Crippen LogP contribution in [-0.4, -0.2) is 29.2 Å². The molecule has 1 aliphatic rings. The molecule has 0 aliphatic carbocycles. The molecule has 0 saturated carbocycles. The van der Waals surface area contributed by atoms with E-state index in [1.165, 1.54) is 0 Å². The van der Waals surface area contributed by atoms with Crippen LogP contribution in [0.2, 0.25) is 0 Å². The lowest BCUT2D eigenvalue weighted by Gasteiger charge is -2.23. The average Bonchev–Trinajstić information content (AvgIpc) is 2.21. The van der Waals surface area contributed by atoms with Crippen molar-refractivity contribution >= 4 is 5.82 Å².